The molecular weight excluding hydrogens is 204 g/mol. The molecule has 0 aliphatic rings. The lowest BCUT2D eigenvalue weighted by Gasteiger charge is -2.10. The molecule has 88 valence electrons. The summed E-state index contributed by atoms with van der Waals surface area (Å²) in [6.07, 6.45) is 0. The van der Waals surface area contributed by atoms with Gasteiger partial charge in [0.25, 0.3) is 0 Å². The number of hydrogen-bond donors (Lipinski definition) is 1. The zero-order valence-corrected chi connectivity index (χ0v) is 9.99. The van der Waals surface area contributed by atoms with Crippen molar-refractivity contribution in [1.29, 1.82) is 0 Å². The number of aliphatic hydroxyl groups is 1. The van der Waals surface area contributed by atoms with E-state index in [1.165, 1.54) is 0 Å². The van der Waals surface area contributed by atoms with Crippen LogP contribution in [0.4, 0.5) is 0 Å². The van der Waals surface area contributed by atoms with E-state index in [1.54, 1.807) is 0 Å². The SMILES string of the molecule is Cc1ccc(C(C)C)cc1C(=O)OCCO. The number of carbonyl (C=O) groups excluding carboxylic acids is 1. The third-order valence-electron chi connectivity index (χ3n) is 2.47. The molecule has 16 heavy (non-hydrogen) atoms. The van der Waals surface area contributed by atoms with E-state index in [4.69, 9.17) is 9.84 Å². The van der Waals surface area contributed by atoms with Crippen LogP contribution in [0.25, 0.3) is 0 Å². The normalized spacial score (nSPS) is 10.6. The summed E-state index contributed by atoms with van der Waals surface area (Å²) in [5, 5.41) is 8.60. The molecule has 1 N–H and O–H groups in total. The van der Waals surface area contributed by atoms with Crippen LogP contribution in [0, 0.1) is 6.92 Å². The fourth-order valence-electron chi connectivity index (χ4n) is 1.43. The molecule has 0 unspecified atom stereocenters. The molecule has 0 fully saturated rings. The maximum Gasteiger partial charge on any atom is 0.338 e. The number of carbonyl (C=O) groups is 1. The molecule has 0 heterocycles. The average molecular weight is 222 g/mol. The Morgan fingerprint density at radius 2 is 2.12 bits per heavy atom. The smallest absolute Gasteiger partial charge is 0.338 e. The lowest BCUT2D eigenvalue weighted by Crippen LogP contribution is -2.10. The van der Waals surface area contributed by atoms with E-state index in [0.29, 0.717) is 11.5 Å². The Balaban J connectivity index is 2.93. The fraction of sp³-hybridized carbons (Fsp3) is 0.462. The number of aliphatic hydroxyl groups excluding tert-OH is 1. The number of aryl methyl sites for hydroxylation is 1. The van der Waals surface area contributed by atoms with Gasteiger partial charge in [-0.1, -0.05) is 26.0 Å². The molecule has 0 bridgehead atoms. The molecule has 1 rings (SSSR count). The largest absolute Gasteiger partial charge is 0.460 e. The van der Waals surface area contributed by atoms with Crippen molar-refractivity contribution in [2.24, 2.45) is 0 Å². The summed E-state index contributed by atoms with van der Waals surface area (Å²) in [6, 6.07) is 5.80. The topological polar surface area (TPSA) is 46.5 Å². The van der Waals surface area contributed by atoms with Crippen molar-refractivity contribution < 1.29 is 14.6 Å². The number of hydrogen-bond acceptors (Lipinski definition) is 3. The lowest BCUT2D eigenvalue weighted by molar-refractivity contribution is 0.0433. The van der Waals surface area contributed by atoms with E-state index in [-0.39, 0.29) is 19.2 Å². The highest BCUT2D eigenvalue weighted by molar-refractivity contribution is 5.91. The Kier molecular flexibility index (Phi) is 4.50. The minimum atomic E-state index is -0.367. The maximum absolute atomic E-state index is 11.7. The Morgan fingerprint density at radius 1 is 1.44 bits per heavy atom. The number of esters is 1. The molecule has 0 aromatic heterocycles. The number of rotatable bonds is 4. The molecule has 3 heteroatoms. The third-order valence-corrected chi connectivity index (χ3v) is 2.47. The van der Waals surface area contributed by atoms with Crippen molar-refractivity contribution in [1.82, 2.24) is 0 Å². The molecule has 0 radical (unpaired) electrons. The van der Waals surface area contributed by atoms with Gasteiger partial charge in [0, 0.05) is 0 Å². The minimum absolute atomic E-state index is 0.0458. The van der Waals surface area contributed by atoms with Crippen LogP contribution in [-0.4, -0.2) is 24.3 Å². The van der Waals surface area contributed by atoms with Gasteiger partial charge in [0.15, 0.2) is 0 Å². The lowest BCUT2D eigenvalue weighted by atomic mass is 9.98. The molecule has 0 saturated carbocycles. The first kappa shape index (κ1) is 12.7. The van der Waals surface area contributed by atoms with E-state index >= 15 is 0 Å². The van der Waals surface area contributed by atoms with Crippen molar-refractivity contribution in [3.05, 3.63) is 34.9 Å². The maximum atomic E-state index is 11.7. The summed E-state index contributed by atoms with van der Waals surface area (Å²) in [5.41, 5.74) is 2.59. The molecule has 0 saturated heterocycles. The standard InChI is InChI=1S/C13H18O3/c1-9(2)11-5-4-10(3)12(8-11)13(15)16-7-6-14/h4-5,8-9,14H,6-7H2,1-3H3. The summed E-state index contributed by atoms with van der Waals surface area (Å²) in [4.78, 5) is 11.7. The van der Waals surface area contributed by atoms with Crippen LogP contribution < -0.4 is 0 Å². The molecule has 1 aromatic rings. The van der Waals surface area contributed by atoms with Crippen molar-refractivity contribution in [2.75, 3.05) is 13.2 Å². The van der Waals surface area contributed by atoms with Crippen LogP contribution in [0.15, 0.2) is 18.2 Å². The first-order valence-corrected chi connectivity index (χ1v) is 5.44. The van der Waals surface area contributed by atoms with Gasteiger partial charge in [-0.25, -0.2) is 4.79 Å². The molecule has 0 atom stereocenters. The second kappa shape index (κ2) is 5.66. The summed E-state index contributed by atoms with van der Waals surface area (Å²) < 4.78 is 4.90. The first-order valence-electron chi connectivity index (χ1n) is 5.44. The van der Waals surface area contributed by atoms with E-state index in [0.717, 1.165) is 11.1 Å². The van der Waals surface area contributed by atoms with Crippen LogP contribution >= 0.6 is 0 Å². The Bertz CT molecular complexity index is 369. The first-order chi connectivity index (χ1) is 7.56. The van der Waals surface area contributed by atoms with E-state index < -0.39 is 0 Å². The summed E-state index contributed by atoms with van der Waals surface area (Å²) in [7, 11) is 0. The highest BCUT2D eigenvalue weighted by atomic mass is 16.5. The van der Waals surface area contributed by atoms with Crippen molar-refractivity contribution in [3.63, 3.8) is 0 Å². The second-order valence-corrected chi connectivity index (χ2v) is 4.09. The number of ether oxygens (including phenoxy) is 1. The van der Waals surface area contributed by atoms with Crippen LogP contribution in [0.3, 0.4) is 0 Å². The summed E-state index contributed by atoms with van der Waals surface area (Å²) >= 11 is 0. The number of benzene rings is 1. The average Bonchev–Trinajstić information content (AvgIpc) is 2.26. The van der Waals surface area contributed by atoms with Crippen molar-refractivity contribution in [3.8, 4) is 0 Å². The van der Waals surface area contributed by atoms with Gasteiger partial charge in [0.05, 0.1) is 12.2 Å². The predicted octanol–water partition coefficient (Wildman–Crippen LogP) is 2.27. The molecule has 1 aromatic carbocycles. The van der Waals surface area contributed by atoms with Gasteiger partial charge in [0.2, 0.25) is 0 Å². The Labute approximate surface area is 96.1 Å². The molecule has 3 nitrogen and oxygen atoms in total. The van der Waals surface area contributed by atoms with Crippen molar-refractivity contribution in [2.45, 2.75) is 26.7 Å². The van der Waals surface area contributed by atoms with Gasteiger partial charge < -0.3 is 9.84 Å². The molecule has 0 spiro atoms. The summed E-state index contributed by atoms with van der Waals surface area (Å²) in [5.74, 6) is 0.0130. The van der Waals surface area contributed by atoms with Gasteiger partial charge in [-0.05, 0) is 30.0 Å². The van der Waals surface area contributed by atoms with Crippen LogP contribution in [0.1, 0.15) is 41.3 Å². The second-order valence-electron chi connectivity index (χ2n) is 4.09. The van der Waals surface area contributed by atoms with Gasteiger partial charge >= 0.3 is 5.97 Å². The molecule has 0 aliphatic carbocycles. The summed E-state index contributed by atoms with van der Waals surface area (Å²) in [6.45, 7) is 5.93. The van der Waals surface area contributed by atoms with Gasteiger partial charge in [-0.2, -0.15) is 0 Å². The zero-order chi connectivity index (χ0) is 12.1. The molecule has 0 amide bonds. The predicted molar refractivity (Wildman–Crippen MR) is 62.6 cm³/mol. The van der Waals surface area contributed by atoms with Crippen LogP contribution in [0.5, 0.6) is 0 Å². The monoisotopic (exact) mass is 222 g/mol. The van der Waals surface area contributed by atoms with Crippen LogP contribution in [-0.2, 0) is 4.74 Å². The minimum Gasteiger partial charge on any atom is -0.460 e. The zero-order valence-electron chi connectivity index (χ0n) is 9.99. The molecular formula is C13H18O3. The van der Waals surface area contributed by atoms with Gasteiger partial charge in [-0.15, -0.1) is 0 Å². The van der Waals surface area contributed by atoms with Crippen LogP contribution in [0.2, 0.25) is 0 Å². The van der Waals surface area contributed by atoms with Gasteiger partial charge in [0.1, 0.15) is 6.61 Å². The quantitative estimate of drug-likeness (QED) is 0.795. The highest BCUT2D eigenvalue weighted by Gasteiger charge is 2.12. The van der Waals surface area contributed by atoms with Gasteiger partial charge in [-0.3, -0.25) is 0 Å². The fourth-order valence-corrected chi connectivity index (χ4v) is 1.43. The van der Waals surface area contributed by atoms with E-state index in [1.807, 2.05) is 25.1 Å². The Morgan fingerprint density at radius 3 is 2.69 bits per heavy atom. The highest BCUT2D eigenvalue weighted by Crippen LogP contribution is 2.19. The van der Waals surface area contributed by atoms with Crippen molar-refractivity contribution >= 4 is 5.97 Å². The van der Waals surface area contributed by atoms with E-state index in [2.05, 4.69) is 13.8 Å². The van der Waals surface area contributed by atoms with E-state index in [9.17, 15) is 4.79 Å². The third kappa shape index (κ3) is 3.07. The molecule has 0 aliphatic heterocycles. The Hall–Kier alpha value is -1.35.